The molecule has 5 heteroatoms. The van der Waals surface area contributed by atoms with Crippen LogP contribution in [-0.4, -0.2) is 25.8 Å². The van der Waals surface area contributed by atoms with E-state index in [-0.39, 0.29) is 11.7 Å². The lowest BCUT2D eigenvalue weighted by molar-refractivity contribution is 0.0931. The number of carbonyl (C=O) groups is 1. The van der Waals surface area contributed by atoms with Crippen molar-refractivity contribution in [3.8, 4) is 0 Å². The number of nitrogens with zero attached hydrogens (tertiary/aromatic N) is 4. The molecule has 2 rings (SSSR count). The standard InChI is InChI=1S/C9H10N4O/c1-6(2)9(14)7-4-3-5-8-10-11-12-13(7)8/h3-6H,1-2H3. The lowest BCUT2D eigenvalue weighted by Crippen LogP contribution is -2.12. The smallest absolute Gasteiger partial charge is 0.183 e. The predicted molar refractivity (Wildman–Crippen MR) is 50.0 cm³/mol. The molecule has 0 fully saturated rings. The molecule has 0 radical (unpaired) electrons. The van der Waals surface area contributed by atoms with E-state index in [0.29, 0.717) is 11.3 Å². The van der Waals surface area contributed by atoms with Crippen LogP contribution in [0, 0.1) is 5.92 Å². The number of rotatable bonds is 2. The lowest BCUT2D eigenvalue weighted by Gasteiger charge is -2.04. The maximum atomic E-state index is 11.7. The molecule has 0 saturated heterocycles. The highest BCUT2D eigenvalue weighted by Gasteiger charge is 2.14. The molecule has 14 heavy (non-hydrogen) atoms. The molecule has 2 aromatic rings. The second-order valence-electron chi connectivity index (χ2n) is 3.38. The van der Waals surface area contributed by atoms with Crippen LogP contribution in [0.4, 0.5) is 0 Å². The Hall–Kier alpha value is -1.78. The van der Waals surface area contributed by atoms with Gasteiger partial charge in [0.2, 0.25) is 0 Å². The van der Waals surface area contributed by atoms with Crippen molar-refractivity contribution in [1.29, 1.82) is 0 Å². The van der Waals surface area contributed by atoms with Gasteiger partial charge < -0.3 is 0 Å². The summed E-state index contributed by atoms with van der Waals surface area (Å²) in [7, 11) is 0. The SMILES string of the molecule is CC(C)C(=O)c1cccc2nnnn12. The van der Waals surface area contributed by atoms with Crippen molar-refractivity contribution < 1.29 is 4.79 Å². The summed E-state index contributed by atoms with van der Waals surface area (Å²) >= 11 is 0. The van der Waals surface area contributed by atoms with Crippen LogP contribution in [0.1, 0.15) is 24.3 Å². The maximum Gasteiger partial charge on any atom is 0.183 e. The van der Waals surface area contributed by atoms with Gasteiger partial charge in [0.1, 0.15) is 5.69 Å². The number of carbonyl (C=O) groups excluding carboxylic acids is 1. The Morgan fingerprint density at radius 1 is 1.43 bits per heavy atom. The molecule has 0 unspecified atom stereocenters. The number of hydrogen-bond acceptors (Lipinski definition) is 4. The summed E-state index contributed by atoms with van der Waals surface area (Å²) in [5, 5.41) is 11.0. The fraction of sp³-hybridized carbons (Fsp3) is 0.333. The van der Waals surface area contributed by atoms with Gasteiger partial charge in [0, 0.05) is 5.92 Å². The topological polar surface area (TPSA) is 60.2 Å². The number of ketones is 1. The first-order valence-electron chi connectivity index (χ1n) is 4.41. The van der Waals surface area contributed by atoms with Gasteiger partial charge in [-0.05, 0) is 22.6 Å². The summed E-state index contributed by atoms with van der Waals surface area (Å²) in [5.74, 6) is -0.00676. The second-order valence-corrected chi connectivity index (χ2v) is 3.38. The Bertz CT molecular complexity index is 474. The second kappa shape index (κ2) is 3.17. The number of fused-ring (bicyclic) bond motifs is 1. The predicted octanol–water partition coefficient (Wildman–Crippen LogP) is 0.963. The van der Waals surface area contributed by atoms with Crippen molar-refractivity contribution >= 4 is 11.4 Å². The highest BCUT2D eigenvalue weighted by molar-refractivity contribution is 5.96. The number of hydrogen-bond donors (Lipinski definition) is 0. The van der Waals surface area contributed by atoms with Crippen molar-refractivity contribution in [2.24, 2.45) is 5.92 Å². The minimum Gasteiger partial charge on any atom is -0.292 e. The molecule has 0 N–H and O–H groups in total. The van der Waals surface area contributed by atoms with E-state index in [9.17, 15) is 4.79 Å². The van der Waals surface area contributed by atoms with E-state index in [2.05, 4.69) is 15.5 Å². The average molecular weight is 190 g/mol. The number of Topliss-reactive ketones (excluding diaryl/α,β-unsaturated/α-hetero) is 1. The van der Waals surface area contributed by atoms with Gasteiger partial charge in [-0.1, -0.05) is 19.9 Å². The monoisotopic (exact) mass is 190 g/mol. The highest BCUT2D eigenvalue weighted by Crippen LogP contribution is 2.08. The van der Waals surface area contributed by atoms with Gasteiger partial charge in [-0.3, -0.25) is 4.79 Å². The Morgan fingerprint density at radius 2 is 2.21 bits per heavy atom. The molecule has 2 aromatic heterocycles. The maximum absolute atomic E-state index is 11.7. The van der Waals surface area contributed by atoms with Gasteiger partial charge in [-0.25, -0.2) is 0 Å². The Morgan fingerprint density at radius 3 is 2.93 bits per heavy atom. The minimum absolute atomic E-state index is 0.0444. The first-order chi connectivity index (χ1) is 6.70. The van der Waals surface area contributed by atoms with Gasteiger partial charge in [0.05, 0.1) is 0 Å². The van der Waals surface area contributed by atoms with Gasteiger partial charge in [-0.2, -0.15) is 4.52 Å². The van der Waals surface area contributed by atoms with Crippen LogP contribution in [0.25, 0.3) is 5.65 Å². The average Bonchev–Trinajstić information content (AvgIpc) is 2.63. The van der Waals surface area contributed by atoms with E-state index in [4.69, 9.17) is 0 Å². The summed E-state index contributed by atoms with van der Waals surface area (Å²) in [6, 6.07) is 5.27. The fourth-order valence-electron chi connectivity index (χ4n) is 1.25. The van der Waals surface area contributed by atoms with Crippen molar-refractivity contribution in [2.45, 2.75) is 13.8 Å². The normalized spacial score (nSPS) is 11.1. The van der Waals surface area contributed by atoms with Crippen LogP contribution in [0.3, 0.4) is 0 Å². The third kappa shape index (κ3) is 1.26. The zero-order chi connectivity index (χ0) is 10.1. The Labute approximate surface area is 80.7 Å². The van der Waals surface area contributed by atoms with E-state index in [1.165, 1.54) is 4.52 Å². The summed E-state index contributed by atoms with van der Waals surface area (Å²) < 4.78 is 1.46. The van der Waals surface area contributed by atoms with Crippen molar-refractivity contribution in [1.82, 2.24) is 20.0 Å². The van der Waals surface area contributed by atoms with Crippen LogP contribution in [0.15, 0.2) is 18.2 Å². The van der Waals surface area contributed by atoms with Crippen LogP contribution >= 0.6 is 0 Å². The molecule has 0 aliphatic carbocycles. The number of pyridine rings is 1. The molecule has 5 nitrogen and oxygen atoms in total. The van der Waals surface area contributed by atoms with Crippen molar-refractivity contribution in [3.05, 3.63) is 23.9 Å². The van der Waals surface area contributed by atoms with Crippen LogP contribution in [0.2, 0.25) is 0 Å². The summed E-state index contributed by atoms with van der Waals surface area (Å²) in [6.07, 6.45) is 0. The Kier molecular flexibility index (Phi) is 1.99. The zero-order valence-corrected chi connectivity index (χ0v) is 8.01. The summed E-state index contributed by atoms with van der Waals surface area (Å²) in [4.78, 5) is 11.7. The summed E-state index contributed by atoms with van der Waals surface area (Å²) in [5.41, 5.74) is 1.12. The van der Waals surface area contributed by atoms with Crippen LogP contribution in [0.5, 0.6) is 0 Å². The third-order valence-electron chi connectivity index (χ3n) is 2.00. The lowest BCUT2D eigenvalue weighted by atomic mass is 10.1. The molecular formula is C9H10N4O. The Balaban J connectivity index is 2.62. The van der Waals surface area contributed by atoms with Gasteiger partial charge in [0.25, 0.3) is 0 Å². The van der Waals surface area contributed by atoms with Gasteiger partial charge in [0.15, 0.2) is 11.4 Å². The highest BCUT2D eigenvalue weighted by atomic mass is 16.1. The van der Waals surface area contributed by atoms with Crippen LogP contribution < -0.4 is 0 Å². The molecule has 0 aliphatic heterocycles. The fourth-order valence-corrected chi connectivity index (χ4v) is 1.25. The molecule has 0 saturated carbocycles. The van der Waals surface area contributed by atoms with E-state index in [1.807, 2.05) is 13.8 Å². The molecule has 0 spiro atoms. The molecule has 0 amide bonds. The van der Waals surface area contributed by atoms with Crippen molar-refractivity contribution in [3.63, 3.8) is 0 Å². The largest absolute Gasteiger partial charge is 0.292 e. The van der Waals surface area contributed by atoms with E-state index < -0.39 is 0 Å². The first-order valence-corrected chi connectivity index (χ1v) is 4.41. The first kappa shape index (κ1) is 8.80. The van der Waals surface area contributed by atoms with E-state index >= 15 is 0 Å². The van der Waals surface area contributed by atoms with Crippen LogP contribution in [-0.2, 0) is 0 Å². The third-order valence-corrected chi connectivity index (χ3v) is 2.00. The number of tetrazole rings is 1. The number of aromatic nitrogens is 4. The molecule has 0 aliphatic rings. The molecule has 0 aromatic carbocycles. The minimum atomic E-state index is -0.0511. The van der Waals surface area contributed by atoms with Gasteiger partial charge in [-0.15, -0.1) is 5.10 Å². The molecule has 0 atom stereocenters. The summed E-state index contributed by atoms with van der Waals surface area (Å²) in [6.45, 7) is 3.71. The quantitative estimate of drug-likeness (QED) is 0.662. The molecule has 72 valence electrons. The van der Waals surface area contributed by atoms with Gasteiger partial charge >= 0.3 is 0 Å². The van der Waals surface area contributed by atoms with E-state index in [1.54, 1.807) is 18.2 Å². The molecular weight excluding hydrogens is 180 g/mol. The molecule has 2 heterocycles. The molecule has 0 bridgehead atoms. The zero-order valence-electron chi connectivity index (χ0n) is 8.01. The van der Waals surface area contributed by atoms with Crippen molar-refractivity contribution in [2.75, 3.05) is 0 Å². The van der Waals surface area contributed by atoms with E-state index in [0.717, 1.165) is 0 Å².